The van der Waals surface area contributed by atoms with Gasteiger partial charge in [0.1, 0.15) is 12.2 Å². The third-order valence-corrected chi connectivity index (χ3v) is 7.63. The monoisotopic (exact) mass is 422 g/mol. The van der Waals surface area contributed by atoms with Gasteiger partial charge in [-0.1, -0.05) is 41.9 Å². The van der Waals surface area contributed by atoms with E-state index in [4.69, 9.17) is 4.52 Å². The van der Waals surface area contributed by atoms with Gasteiger partial charge >= 0.3 is 0 Å². The van der Waals surface area contributed by atoms with Gasteiger partial charge in [0, 0.05) is 32.5 Å². The third-order valence-electron chi connectivity index (χ3n) is 5.62. The lowest BCUT2D eigenvalue weighted by Crippen LogP contribution is -2.46. The number of hydrogen-bond donors (Lipinski definition) is 0. The van der Waals surface area contributed by atoms with Crippen LogP contribution in [0.2, 0.25) is 0 Å². The molecule has 0 N–H and O–H groups in total. The summed E-state index contributed by atoms with van der Waals surface area (Å²) in [6.45, 7) is 0.809. The summed E-state index contributed by atoms with van der Waals surface area (Å²) in [5.74, 6) is 0.731. The lowest BCUT2D eigenvalue weighted by atomic mass is 10.1. The predicted octanol–water partition coefficient (Wildman–Crippen LogP) is 3.06. The Labute approximate surface area is 171 Å². The van der Waals surface area contributed by atoms with Gasteiger partial charge in [-0.05, 0) is 31.2 Å². The van der Waals surface area contributed by atoms with Crippen molar-refractivity contribution in [1.29, 1.82) is 0 Å². The van der Waals surface area contributed by atoms with Gasteiger partial charge in [0.05, 0.1) is 0 Å². The van der Waals surface area contributed by atoms with Crippen molar-refractivity contribution >= 4 is 10.2 Å². The largest absolute Gasteiger partial charge is 0.338 e. The molecule has 2 fully saturated rings. The molecule has 7 nitrogen and oxygen atoms in total. The van der Waals surface area contributed by atoms with Crippen molar-refractivity contribution in [1.82, 2.24) is 18.8 Å². The van der Waals surface area contributed by atoms with Gasteiger partial charge in [-0.2, -0.15) is 22.0 Å². The standard InChI is InChI=1S/C20H27FN4O3S/c21-17-14-18(25(15-17)29(26,27)24-12-5-2-6-13-24)20-22-19(23-28-20)11-7-10-16-8-3-1-4-9-16/h1,3-4,8-9,17-18H,2,5-7,10-15H2/t17-,18+/m1/s1. The number of benzene rings is 1. The summed E-state index contributed by atoms with van der Waals surface area (Å²) in [6.07, 6.45) is 3.91. The number of halogens is 1. The topological polar surface area (TPSA) is 79.5 Å². The maximum absolute atomic E-state index is 14.2. The maximum atomic E-state index is 14.2. The molecule has 158 valence electrons. The first kappa shape index (κ1) is 20.4. The predicted molar refractivity (Wildman–Crippen MR) is 106 cm³/mol. The van der Waals surface area contributed by atoms with Crippen molar-refractivity contribution in [2.75, 3.05) is 19.6 Å². The van der Waals surface area contributed by atoms with Crippen molar-refractivity contribution in [3.63, 3.8) is 0 Å². The van der Waals surface area contributed by atoms with Gasteiger partial charge in [0.2, 0.25) is 5.89 Å². The molecule has 1 aromatic carbocycles. The second-order valence-electron chi connectivity index (χ2n) is 7.77. The Morgan fingerprint density at radius 2 is 1.86 bits per heavy atom. The Balaban J connectivity index is 1.42. The minimum Gasteiger partial charge on any atom is -0.338 e. The zero-order valence-electron chi connectivity index (χ0n) is 16.4. The molecule has 0 bridgehead atoms. The molecule has 2 saturated heterocycles. The number of aryl methyl sites for hydroxylation is 2. The van der Waals surface area contributed by atoms with Gasteiger partial charge in [0.15, 0.2) is 5.82 Å². The van der Waals surface area contributed by atoms with Crippen LogP contribution in [0.15, 0.2) is 34.9 Å². The highest BCUT2D eigenvalue weighted by Crippen LogP contribution is 2.36. The van der Waals surface area contributed by atoms with Crippen molar-refractivity contribution in [2.45, 2.75) is 57.2 Å². The number of rotatable bonds is 7. The molecule has 3 heterocycles. The van der Waals surface area contributed by atoms with E-state index in [0.29, 0.717) is 25.3 Å². The summed E-state index contributed by atoms with van der Waals surface area (Å²) in [6, 6.07) is 9.42. The van der Waals surface area contributed by atoms with E-state index in [1.54, 1.807) is 0 Å². The average molecular weight is 423 g/mol. The van der Waals surface area contributed by atoms with Crippen molar-refractivity contribution in [3.8, 4) is 0 Å². The van der Waals surface area contributed by atoms with Crippen LogP contribution < -0.4 is 0 Å². The smallest absolute Gasteiger partial charge is 0.282 e. The molecule has 0 unspecified atom stereocenters. The molecule has 9 heteroatoms. The zero-order valence-corrected chi connectivity index (χ0v) is 17.2. The minimum atomic E-state index is -3.74. The fourth-order valence-electron chi connectivity index (χ4n) is 4.08. The summed E-state index contributed by atoms with van der Waals surface area (Å²) >= 11 is 0. The number of nitrogens with zero attached hydrogens (tertiary/aromatic N) is 4. The fraction of sp³-hybridized carbons (Fsp3) is 0.600. The van der Waals surface area contributed by atoms with Crippen molar-refractivity contribution in [3.05, 3.63) is 47.6 Å². The Kier molecular flexibility index (Phi) is 6.26. The molecule has 0 radical (unpaired) electrons. The summed E-state index contributed by atoms with van der Waals surface area (Å²) in [7, 11) is -3.74. The second-order valence-corrected chi connectivity index (χ2v) is 9.66. The summed E-state index contributed by atoms with van der Waals surface area (Å²) in [5.41, 5.74) is 1.24. The Morgan fingerprint density at radius 1 is 1.10 bits per heavy atom. The van der Waals surface area contributed by atoms with Crippen LogP contribution in [0.5, 0.6) is 0 Å². The van der Waals surface area contributed by atoms with E-state index in [9.17, 15) is 12.8 Å². The highest BCUT2D eigenvalue weighted by molar-refractivity contribution is 7.86. The number of aromatic nitrogens is 2. The van der Waals surface area contributed by atoms with Gasteiger partial charge in [0.25, 0.3) is 10.2 Å². The Hall–Kier alpha value is -1.84. The second kappa shape index (κ2) is 8.89. The summed E-state index contributed by atoms with van der Waals surface area (Å²) in [5, 5.41) is 4.00. The maximum Gasteiger partial charge on any atom is 0.282 e. The van der Waals surface area contributed by atoms with Crippen LogP contribution in [0.1, 0.15) is 55.4 Å². The molecular weight excluding hydrogens is 395 g/mol. The molecule has 0 aliphatic carbocycles. The SMILES string of the molecule is O=S(=O)(N1CCCCC1)N1C[C@H](F)C[C@H]1c1nc(CCCc2ccccc2)no1. The van der Waals surface area contributed by atoms with Gasteiger partial charge < -0.3 is 4.52 Å². The molecule has 2 aromatic rings. The van der Waals surface area contributed by atoms with E-state index in [-0.39, 0.29) is 18.9 Å². The third kappa shape index (κ3) is 4.67. The first-order chi connectivity index (χ1) is 14.0. The first-order valence-corrected chi connectivity index (χ1v) is 11.7. The number of hydrogen-bond acceptors (Lipinski definition) is 5. The molecule has 2 aliphatic heterocycles. The highest BCUT2D eigenvalue weighted by atomic mass is 32.2. The van der Waals surface area contributed by atoms with Crippen molar-refractivity contribution < 1.29 is 17.3 Å². The van der Waals surface area contributed by atoms with Crippen LogP contribution in [0, 0.1) is 0 Å². The lowest BCUT2D eigenvalue weighted by molar-refractivity contribution is 0.260. The molecule has 0 spiro atoms. The average Bonchev–Trinajstić information content (AvgIpc) is 3.36. The number of piperidine rings is 1. The van der Waals surface area contributed by atoms with E-state index in [1.165, 1.54) is 14.2 Å². The lowest BCUT2D eigenvalue weighted by Gasteiger charge is -2.31. The minimum absolute atomic E-state index is 0.0543. The normalized spacial score (nSPS) is 24.2. The van der Waals surface area contributed by atoms with Crippen LogP contribution in [-0.4, -0.2) is 53.0 Å². The molecule has 2 aliphatic rings. The van der Waals surface area contributed by atoms with Gasteiger partial charge in [-0.3, -0.25) is 0 Å². The van der Waals surface area contributed by atoms with E-state index in [1.807, 2.05) is 18.2 Å². The van der Waals surface area contributed by atoms with E-state index < -0.39 is 22.4 Å². The van der Waals surface area contributed by atoms with Crippen LogP contribution in [0.4, 0.5) is 4.39 Å². The summed E-state index contributed by atoms with van der Waals surface area (Å²) in [4.78, 5) is 4.40. The van der Waals surface area contributed by atoms with E-state index in [0.717, 1.165) is 32.1 Å². The van der Waals surface area contributed by atoms with Crippen LogP contribution in [0.3, 0.4) is 0 Å². The molecule has 1 aromatic heterocycles. The summed E-state index contributed by atoms with van der Waals surface area (Å²) < 4.78 is 48.3. The molecule has 2 atom stereocenters. The molecule has 0 saturated carbocycles. The quantitative estimate of drug-likeness (QED) is 0.685. The highest BCUT2D eigenvalue weighted by Gasteiger charge is 2.45. The molecule has 29 heavy (non-hydrogen) atoms. The zero-order chi connectivity index (χ0) is 20.3. The Morgan fingerprint density at radius 3 is 2.62 bits per heavy atom. The van der Waals surface area contributed by atoms with Crippen molar-refractivity contribution in [2.24, 2.45) is 0 Å². The van der Waals surface area contributed by atoms with Crippen LogP contribution in [0.25, 0.3) is 0 Å². The van der Waals surface area contributed by atoms with E-state index >= 15 is 0 Å². The van der Waals surface area contributed by atoms with Gasteiger partial charge in [-0.25, -0.2) is 4.39 Å². The van der Waals surface area contributed by atoms with Crippen LogP contribution >= 0.6 is 0 Å². The molecular formula is C20H27FN4O3S. The van der Waals surface area contributed by atoms with E-state index in [2.05, 4.69) is 22.3 Å². The van der Waals surface area contributed by atoms with Crippen LogP contribution in [-0.2, 0) is 23.1 Å². The first-order valence-electron chi connectivity index (χ1n) is 10.3. The molecule has 4 rings (SSSR count). The number of alkyl halides is 1. The molecule has 0 amide bonds. The van der Waals surface area contributed by atoms with Gasteiger partial charge in [-0.15, -0.1) is 0 Å². The fourth-order valence-corrected chi connectivity index (χ4v) is 5.94. The Bertz CT molecular complexity index is 899.